The highest BCUT2D eigenvalue weighted by molar-refractivity contribution is 5.78. The molecule has 0 aromatic carbocycles. The molecule has 0 aromatic heterocycles. The Balaban J connectivity index is 2.45. The summed E-state index contributed by atoms with van der Waals surface area (Å²) in [6.45, 7) is 10.2. The van der Waals surface area contributed by atoms with Crippen LogP contribution in [0.1, 0.15) is 66.2 Å². The van der Waals surface area contributed by atoms with Crippen LogP contribution in [0.5, 0.6) is 0 Å². The molecule has 1 heterocycles. The molecule has 20 heavy (non-hydrogen) atoms. The van der Waals surface area contributed by atoms with Crippen LogP contribution in [-0.2, 0) is 4.79 Å². The average molecular weight is 284 g/mol. The van der Waals surface area contributed by atoms with Crippen molar-refractivity contribution in [3.63, 3.8) is 0 Å². The quantitative estimate of drug-likeness (QED) is 0.719. The SMILES string of the molecule is CCCNC(C)(CCCN1[C@H](C)CCC[C@@H]1C)C(=O)O. The molecule has 0 amide bonds. The number of piperidine rings is 1. The van der Waals surface area contributed by atoms with Gasteiger partial charge < -0.3 is 10.4 Å². The summed E-state index contributed by atoms with van der Waals surface area (Å²) in [6.07, 6.45) is 6.46. The van der Waals surface area contributed by atoms with E-state index in [1.807, 2.05) is 6.92 Å². The molecule has 0 aromatic rings. The van der Waals surface area contributed by atoms with E-state index in [-0.39, 0.29) is 0 Å². The van der Waals surface area contributed by atoms with Crippen molar-refractivity contribution in [1.29, 1.82) is 0 Å². The molecular formula is C16H32N2O2. The number of carboxylic acids is 1. The van der Waals surface area contributed by atoms with Crippen LogP contribution in [0.25, 0.3) is 0 Å². The third-order valence-electron chi connectivity index (χ3n) is 4.71. The molecular weight excluding hydrogens is 252 g/mol. The van der Waals surface area contributed by atoms with Gasteiger partial charge in [-0.1, -0.05) is 13.3 Å². The number of likely N-dealkylation sites (tertiary alicyclic amines) is 1. The number of hydrogen-bond acceptors (Lipinski definition) is 3. The van der Waals surface area contributed by atoms with Gasteiger partial charge >= 0.3 is 5.97 Å². The third kappa shape index (κ3) is 4.74. The molecule has 1 saturated heterocycles. The zero-order valence-electron chi connectivity index (χ0n) is 13.6. The molecule has 1 unspecified atom stereocenters. The Morgan fingerprint density at radius 3 is 2.45 bits per heavy atom. The summed E-state index contributed by atoms with van der Waals surface area (Å²) in [7, 11) is 0. The molecule has 4 nitrogen and oxygen atoms in total. The summed E-state index contributed by atoms with van der Waals surface area (Å²) in [6, 6.07) is 1.27. The second kappa shape index (κ2) is 7.99. The van der Waals surface area contributed by atoms with Gasteiger partial charge in [-0.3, -0.25) is 9.69 Å². The van der Waals surface area contributed by atoms with Gasteiger partial charge in [0.15, 0.2) is 0 Å². The summed E-state index contributed by atoms with van der Waals surface area (Å²) in [5.41, 5.74) is -0.779. The summed E-state index contributed by atoms with van der Waals surface area (Å²) < 4.78 is 0. The third-order valence-corrected chi connectivity index (χ3v) is 4.71. The zero-order chi connectivity index (χ0) is 15.2. The maximum atomic E-state index is 11.5. The van der Waals surface area contributed by atoms with Crippen molar-refractivity contribution in [2.75, 3.05) is 13.1 Å². The highest BCUT2D eigenvalue weighted by Crippen LogP contribution is 2.23. The Morgan fingerprint density at radius 2 is 1.95 bits per heavy atom. The summed E-state index contributed by atoms with van der Waals surface area (Å²) in [5, 5.41) is 12.6. The van der Waals surface area contributed by atoms with Crippen LogP contribution in [0.15, 0.2) is 0 Å². The molecule has 1 aliphatic rings. The van der Waals surface area contributed by atoms with E-state index in [9.17, 15) is 9.90 Å². The second-order valence-electron chi connectivity index (χ2n) is 6.53. The first-order chi connectivity index (χ1) is 9.40. The first-order valence-corrected chi connectivity index (χ1v) is 8.15. The van der Waals surface area contributed by atoms with Gasteiger partial charge in [-0.25, -0.2) is 0 Å². The van der Waals surface area contributed by atoms with Gasteiger partial charge in [-0.2, -0.15) is 0 Å². The largest absolute Gasteiger partial charge is 0.480 e. The second-order valence-corrected chi connectivity index (χ2v) is 6.53. The van der Waals surface area contributed by atoms with Crippen molar-refractivity contribution in [1.82, 2.24) is 10.2 Å². The van der Waals surface area contributed by atoms with E-state index in [1.165, 1.54) is 19.3 Å². The number of hydrogen-bond donors (Lipinski definition) is 2. The molecule has 0 saturated carbocycles. The van der Waals surface area contributed by atoms with E-state index in [4.69, 9.17) is 0 Å². The minimum absolute atomic E-state index is 0.637. The van der Waals surface area contributed by atoms with Crippen LogP contribution in [0.4, 0.5) is 0 Å². The Hall–Kier alpha value is -0.610. The van der Waals surface area contributed by atoms with Crippen LogP contribution in [-0.4, -0.2) is 46.7 Å². The Morgan fingerprint density at radius 1 is 1.35 bits per heavy atom. The normalized spacial score (nSPS) is 27.2. The topological polar surface area (TPSA) is 52.6 Å². The van der Waals surface area contributed by atoms with E-state index < -0.39 is 11.5 Å². The fourth-order valence-electron chi connectivity index (χ4n) is 3.20. The lowest BCUT2D eigenvalue weighted by molar-refractivity contribution is -0.144. The van der Waals surface area contributed by atoms with Gasteiger partial charge in [0, 0.05) is 12.1 Å². The molecule has 1 rings (SSSR count). The van der Waals surface area contributed by atoms with Crippen LogP contribution < -0.4 is 5.32 Å². The van der Waals surface area contributed by atoms with Crippen LogP contribution in [0.3, 0.4) is 0 Å². The van der Waals surface area contributed by atoms with Gasteiger partial charge in [0.25, 0.3) is 0 Å². The number of nitrogens with zero attached hydrogens (tertiary/aromatic N) is 1. The van der Waals surface area contributed by atoms with E-state index in [1.54, 1.807) is 0 Å². The number of carboxylic acid groups (broad SMARTS) is 1. The molecule has 0 bridgehead atoms. The van der Waals surface area contributed by atoms with Crippen molar-refractivity contribution in [3.8, 4) is 0 Å². The standard InChI is InChI=1S/C16H32N2O2/c1-5-11-17-16(4,15(19)20)10-7-12-18-13(2)8-6-9-14(18)3/h13-14,17H,5-12H2,1-4H3,(H,19,20)/t13-,14+,16?. The predicted molar refractivity (Wildman–Crippen MR) is 83.0 cm³/mol. The van der Waals surface area contributed by atoms with Crippen LogP contribution in [0.2, 0.25) is 0 Å². The Labute approximate surface area is 123 Å². The van der Waals surface area contributed by atoms with Crippen molar-refractivity contribution in [3.05, 3.63) is 0 Å². The molecule has 1 fully saturated rings. The molecule has 2 N–H and O–H groups in total. The van der Waals surface area contributed by atoms with Crippen molar-refractivity contribution >= 4 is 5.97 Å². The number of nitrogens with one attached hydrogen (secondary N) is 1. The van der Waals surface area contributed by atoms with Crippen molar-refractivity contribution < 1.29 is 9.90 Å². The van der Waals surface area contributed by atoms with E-state index in [2.05, 4.69) is 31.0 Å². The lowest BCUT2D eigenvalue weighted by Crippen LogP contribution is -2.51. The average Bonchev–Trinajstić information content (AvgIpc) is 2.39. The Bertz CT molecular complexity index is 299. The maximum Gasteiger partial charge on any atom is 0.323 e. The minimum Gasteiger partial charge on any atom is -0.480 e. The highest BCUT2D eigenvalue weighted by atomic mass is 16.4. The molecule has 3 atom stereocenters. The number of aliphatic carboxylic acids is 1. The minimum atomic E-state index is -0.779. The molecule has 0 radical (unpaired) electrons. The van der Waals surface area contributed by atoms with Gasteiger partial charge in [-0.15, -0.1) is 0 Å². The van der Waals surface area contributed by atoms with Gasteiger partial charge in [-0.05, 0) is 66.0 Å². The maximum absolute atomic E-state index is 11.5. The first kappa shape index (κ1) is 17.4. The number of rotatable bonds is 8. The van der Waals surface area contributed by atoms with Crippen molar-refractivity contribution in [2.45, 2.75) is 83.8 Å². The lowest BCUT2D eigenvalue weighted by Gasteiger charge is -2.39. The molecule has 1 aliphatic heterocycles. The lowest BCUT2D eigenvalue weighted by atomic mass is 9.93. The molecule has 4 heteroatoms. The highest BCUT2D eigenvalue weighted by Gasteiger charge is 2.32. The molecule has 118 valence electrons. The zero-order valence-corrected chi connectivity index (χ0v) is 13.6. The van der Waals surface area contributed by atoms with Crippen molar-refractivity contribution in [2.24, 2.45) is 0 Å². The van der Waals surface area contributed by atoms with E-state index in [0.717, 1.165) is 25.9 Å². The number of carbonyl (C=O) groups is 1. The fraction of sp³-hybridized carbons (Fsp3) is 0.938. The first-order valence-electron chi connectivity index (χ1n) is 8.15. The van der Waals surface area contributed by atoms with Gasteiger partial charge in [0.05, 0.1) is 0 Å². The van der Waals surface area contributed by atoms with Crippen LogP contribution >= 0.6 is 0 Å². The van der Waals surface area contributed by atoms with E-state index in [0.29, 0.717) is 18.5 Å². The van der Waals surface area contributed by atoms with Gasteiger partial charge in [0.1, 0.15) is 5.54 Å². The monoisotopic (exact) mass is 284 g/mol. The predicted octanol–water partition coefficient (Wildman–Crippen LogP) is 2.87. The van der Waals surface area contributed by atoms with E-state index >= 15 is 0 Å². The van der Waals surface area contributed by atoms with Gasteiger partial charge in [0.2, 0.25) is 0 Å². The molecule has 0 spiro atoms. The Kier molecular flexibility index (Phi) is 6.96. The molecule has 0 aliphatic carbocycles. The smallest absolute Gasteiger partial charge is 0.323 e. The summed E-state index contributed by atoms with van der Waals surface area (Å²) in [5.74, 6) is -0.731. The fourth-order valence-corrected chi connectivity index (χ4v) is 3.20. The van der Waals surface area contributed by atoms with Crippen LogP contribution in [0, 0.1) is 0 Å². The summed E-state index contributed by atoms with van der Waals surface area (Å²) in [4.78, 5) is 14.0. The summed E-state index contributed by atoms with van der Waals surface area (Å²) >= 11 is 0.